The minimum atomic E-state index is -0.546. The van der Waals surface area contributed by atoms with E-state index in [-0.39, 0.29) is 5.78 Å². The largest absolute Gasteiger partial charge is 0.292 e. The first-order chi connectivity index (χ1) is 8.03. The van der Waals surface area contributed by atoms with E-state index >= 15 is 0 Å². The van der Waals surface area contributed by atoms with Crippen molar-refractivity contribution in [2.75, 3.05) is 0 Å². The van der Waals surface area contributed by atoms with E-state index in [2.05, 4.69) is 0 Å². The molecule has 1 heterocycles. The van der Waals surface area contributed by atoms with Gasteiger partial charge in [0.2, 0.25) is 0 Å². The van der Waals surface area contributed by atoms with Crippen LogP contribution >= 0.6 is 22.9 Å². The summed E-state index contributed by atoms with van der Waals surface area (Å²) in [6.45, 7) is 3.86. The summed E-state index contributed by atoms with van der Waals surface area (Å²) in [6, 6.07) is 11.5. The number of halogens is 1. The number of hydrogen-bond donors (Lipinski definition) is 0. The molecule has 0 saturated heterocycles. The number of thiophene rings is 1. The number of hydrogen-bond acceptors (Lipinski definition) is 2. The molecular weight excluding hydrogens is 252 g/mol. The van der Waals surface area contributed by atoms with Crippen LogP contribution in [0.2, 0.25) is 5.02 Å². The standard InChI is InChI=1S/C14H13ClOS/c1-14(2,10-6-4-3-5-7-10)13(16)12-11(15)8-9-17-12/h3-9H,1-2H3. The van der Waals surface area contributed by atoms with Crippen LogP contribution in [-0.4, -0.2) is 5.78 Å². The molecule has 0 saturated carbocycles. The van der Waals surface area contributed by atoms with Gasteiger partial charge in [0.1, 0.15) is 0 Å². The van der Waals surface area contributed by atoms with E-state index in [1.807, 2.05) is 49.6 Å². The minimum Gasteiger partial charge on any atom is -0.292 e. The van der Waals surface area contributed by atoms with Gasteiger partial charge in [-0.3, -0.25) is 4.79 Å². The van der Waals surface area contributed by atoms with Gasteiger partial charge in [0.15, 0.2) is 5.78 Å². The van der Waals surface area contributed by atoms with Crippen molar-refractivity contribution in [1.82, 2.24) is 0 Å². The van der Waals surface area contributed by atoms with Crippen LogP contribution < -0.4 is 0 Å². The van der Waals surface area contributed by atoms with Gasteiger partial charge in [-0.1, -0.05) is 41.9 Å². The minimum absolute atomic E-state index is 0.0729. The van der Waals surface area contributed by atoms with Gasteiger partial charge < -0.3 is 0 Å². The van der Waals surface area contributed by atoms with Crippen molar-refractivity contribution >= 4 is 28.7 Å². The highest BCUT2D eigenvalue weighted by atomic mass is 35.5. The Hall–Kier alpha value is -1.12. The molecule has 0 unspecified atom stereocenters. The Morgan fingerprint density at radius 1 is 1.18 bits per heavy atom. The molecule has 1 nitrogen and oxygen atoms in total. The van der Waals surface area contributed by atoms with Crippen LogP contribution in [0.15, 0.2) is 41.8 Å². The molecule has 0 bridgehead atoms. The van der Waals surface area contributed by atoms with Crippen LogP contribution in [0, 0.1) is 0 Å². The van der Waals surface area contributed by atoms with E-state index in [4.69, 9.17) is 11.6 Å². The maximum Gasteiger partial charge on any atom is 0.184 e. The third-order valence-electron chi connectivity index (χ3n) is 2.89. The molecule has 0 amide bonds. The molecule has 3 heteroatoms. The van der Waals surface area contributed by atoms with Gasteiger partial charge in [-0.15, -0.1) is 11.3 Å². The Bertz CT molecular complexity index is 528. The Morgan fingerprint density at radius 2 is 1.82 bits per heavy atom. The summed E-state index contributed by atoms with van der Waals surface area (Å²) >= 11 is 7.42. The molecule has 2 aromatic rings. The van der Waals surface area contributed by atoms with Gasteiger partial charge in [0, 0.05) is 0 Å². The zero-order chi connectivity index (χ0) is 12.5. The van der Waals surface area contributed by atoms with Crippen molar-refractivity contribution < 1.29 is 4.79 Å². The second-order valence-corrected chi connectivity index (χ2v) is 5.74. The van der Waals surface area contributed by atoms with Crippen LogP contribution in [0.1, 0.15) is 29.1 Å². The van der Waals surface area contributed by atoms with Crippen molar-refractivity contribution in [3.8, 4) is 0 Å². The zero-order valence-corrected chi connectivity index (χ0v) is 11.3. The average molecular weight is 265 g/mol. The van der Waals surface area contributed by atoms with Gasteiger partial charge in [0.25, 0.3) is 0 Å². The summed E-state index contributed by atoms with van der Waals surface area (Å²) < 4.78 is 0. The number of carbonyl (C=O) groups excluding carboxylic acids is 1. The molecular formula is C14H13ClOS. The quantitative estimate of drug-likeness (QED) is 0.743. The van der Waals surface area contributed by atoms with Crippen molar-refractivity contribution in [3.05, 3.63) is 57.2 Å². The van der Waals surface area contributed by atoms with Crippen LogP contribution in [0.3, 0.4) is 0 Å². The zero-order valence-electron chi connectivity index (χ0n) is 9.74. The van der Waals surface area contributed by atoms with Crippen LogP contribution in [0.5, 0.6) is 0 Å². The SMILES string of the molecule is CC(C)(C(=O)c1sccc1Cl)c1ccccc1. The molecule has 1 aromatic carbocycles. The lowest BCUT2D eigenvalue weighted by Crippen LogP contribution is -2.28. The fourth-order valence-electron chi connectivity index (χ4n) is 1.73. The third-order valence-corrected chi connectivity index (χ3v) is 4.23. The van der Waals surface area contributed by atoms with Gasteiger partial charge >= 0.3 is 0 Å². The molecule has 0 atom stereocenters. The van der Waals surface area contributed by atoms with Crippen molar-refractivity contribution in [1.29, 1.82) is 0 Å². The number of benzene rings is 1. The summed E-state index contributed by atoms with van der Waals surface area (Å²) in [6.07, 6.45) is 0. The summed E-state index contributed by atoms with van der Waals surface area (Å²) in [7, 11) is 0. The second kappa shape index (κ2) is 4.63. The molecule has 88 valence electrons. The molecule has 17 heavy (non-hydrogen) atoms. The summed E-state index contributed by atoms with van der Waals surface area (Å²) in [5, 5.41) is 2.39. The summed E-state index contributed by atoms with van der Waals surface area (Å²) in [4.78, 5) is 13.1. The van der Waals surface area contributed by atoms with Gasteiger partial charge in [-0.2, -0.15) is 0 Å². The van der Waals surface area contributed by atoms with E-state index in [0.717, 1.165) is 5.56 Å². The summed E-state index contributed by atoms with van der Waals surface area (Å²) in [5.74, 6) is 0.0729. The van der Waals surface area contributed by atoms with Gasteiger partial charge in [0.05, 0.1) is 15.3 Å². The monoisotopic (exact) mass is 264 g/mol. The molecule has 0 N–H and O–H groups in total. The molecule has 0 aliphatic heterocycles. The van der Waals surface area contributed by atoms with Crippen LogP contribution in [-0.2, 0) is 5.41 Å². The number of Topliss-reactive ketones (excluding diaryl/α,β-unsaturated/α-hetero) is 1. The average Bonchev–Trinajstić information content (AvgIpc) is 2.75. The fourth-order valence-corrected chi connectivity index (χ4v) is 2.97. The Morgan fingerprint density at radius 3 is 2.35 bits per heavy atom. The van der Waals surface area contributed by atoms with Gasteiger partial charge in [-0.05, 0) is 30.9 Å². The van der Waals surface area contributed by atoms with E-state index in [1.165, 1.54) is 11.3 Å². The number of rotatable bonds is 3. The molecule has 1 aromatic heterocycles. The summed E-state index contributed by atoms with van der Waals surface area (Å²) in [5.41, 5.74) is 0.463. The lowest BCUT2D eigenvalue weighted by atomic mass is 9.80. The first-order valence-corrected chi connectivity index (χ1v) is 6.62. The highest BCUT2D eigenvalue weighted by Crippen LogP contribution is 2.32. The lowest BCUT2D eigenvalue weighted by molar-refractivity contribution is 0.0913. The highest BCUT2D eigenvalue weighted by Gasteiger charge is 2.32. The first kappa shape index (κ1) is 12.3. The molecule has 2 rings (SSSR count). The predicted molar refractivity (Wildman–Crippen MR) is 73.1 cm³/mol. The van der Waals surface area contributed by atoms with Crippen molar-refractivity contribution in [3.63, 3.8) is 0 Å². The number of ketones is 1. The molecule has 0 spiro atoms. The highest BCUT2D eigenvalue weighted by molar-refractivity contribution is 7.12. The molecule has 0 aliphatic carbocycles. The Labute approximate surface area is 110 Å². The van der Waals surface area contributed by atoms with E-state index in [0.29, 0.717) is 9.90 Å². The molecule has 0 radical (unpaired) electrons. The normalized spacial score (nSPS) is 11.5. The maximum absolute atomic E-state index is 12.5. The Kier molecular flexibility index (Phi) is 3.36. The first-order valence-electron chi connectivity index (χ1n) is 5.37. The Balaban J connectivity index is 2.40. The fraction of sp³-hybridized carbons (Fsp3) is 0.214. The van der Waals surface area contributed by atoms with E-state index < -0.39 is 5.41 Å². The van der Waals surface area contributed by atoms with Crippen molar-refractivity contribution in [2.24, 2.45) is 0 Å². The molecule has 0 aliphatic rings. The smallest absolute Gasteiger partial charge is 0.184 e. The van der Waals surface area contributed by atoms with Crippen molar-refractivity contribution in [2.45, 2.75) is 19.3 Å². The predicted octanol–water partition coefficient (Wildman–Crippen LogP) is 4.56. The third kappa shape index (κ3) is 2.28. The van der Waals surface area contributed by atoms with E-state index in [9.17, 15) is 4.79 Å². The van der Waals surface area contributed by atoms with Gasteiger partial charge in [-0.25, -0.2) is 0 Å². The number of carbonyl (C=O) groups is 1. The van der Waals surface area contributed by atoms with Crippen LogP contribution in [0.25, 0.3) is 0 Å². The maximum atomic E-state index is 12.5. The van der Waals surface area contributed by atoms with E-state index in [1.54, 1.807) is 6.07 Å². The molecule has 0 fully saturated rings. The topological polar surface area (TPSA) is 17.1 Å². The van der Waals surface area contributed by atoms with Crippen LogP contribution in [0.4, 0.5) is 0 Å². The lowest BCUT2D eigenvalue weighted by Gasteiger charge is -2.23. The second-order valence-electron chi connectivity index (χ2n) is 4.42.